The van der Waals surface area contributed by atoms with E-state index in [1.807, 2.05) is 0 Å². The highest BCUT2D eigenvalue weighted by Crippen LogP contribution is 2.19. The maximum Gasteiger partial charge on any atom is 0.305 e. The SMILES string of the molecule is C.CCCCCCO.CCCCCCOC(=O)CCCC(=O)S.O=C1CCCC(=O)S1. The van der Waals surface area contributed by atoms with Crippen molar-refractivity contribution in [3.8, 4) is 0 Å². The molecule has 0 unspecified atom stereocenters. The third-order valence-electron chi connectivity index (χ3n) is 4.03. The lowest BCUT2D eigenvalue weighted by Crippen LogP contribution is -2.06. The maximum absolute atomic E-state index is 11.1. The fourth-order valence-electron chi connectivity index (χ4n) is 2.32. The van der Waals surface area contributed by atoms with Gasteiger partial charge in [-0.1, -0.05) is 59.8 Å². The Kier molecular flexibility index (Phi) is 30.5. The Bertz CT molecular complexity index is 451. The normalized spacial score (nSPS) is 12.5. The molecular weight excluding hydrogens is 436 g/mol. The summed E-state index contributed by atoms with van der Waals surface area (Å²) in [5.74, 6) is -0.207. The number of rotatable bonds is 13. The Hall–Kier alpha value is -0.860. The number of aliphatic hydroxyl groups excluding tert-OH is 1. The average molecular weight is 481 g/mol. The number of esters is 1. The summed E-state index contributed by atoms with van der Waals surface area (Å²) in [7, 11) is 0. The van der Waals surface area contributed by atoms with E-state index in [0.717, 1.165) is 37.4 Å². The molecule has 0 aliphatic carbocycles. The number of thioether (sulfide) groups is 1. The molecule has 1 aliphatic heterocycles. The number of thiol groups is 1. The molecule has 0 amide bonds. The Morgan fingerprint density at radius 1 is 0.903 bits per heavy atom. The topological polar surface area (TPSA) is 97.7 Å². The second-order valence-corrected chi connectivity index (χ2v) is 8.63. The molecule has 1 aliphatic rings. The van der Waals surface area contributed by atoms with Gasteiger partial charge < -0.3 is 9.84 Å². The zero-order valence-electron chi connectivity index (χ0n) is 18.7. The van der Waals surface area contributed by atoms with Gasteiger partial charge in [-0.25, -0.2) is 0 Å². The van der Waals surface area contributed by atoms with E-state index in [1.165, 1.54) is 32.1 Å². The highest BCUT2D eigenvalue weighted by atomic mass is 32.2. The van der Waals surface area contributed by atoms with Crippen LogP contribution in [0.5, 0.6) is 0 Å². The third kappa shape index (κ3) is 31.4. The van der Waals surface area contributed by atoms with Gasteiger partial charge in [-0.15, -0.1) is 12.6 Å². The fraction of sp³-hybridized carbons (Fsp3) is 0.826. The standard InChI is InChI=1S/C11H20O3S.C6H14O.C5H6O2S.CH4/c1-2-3-4-5-9-14-10(12)7-6-8-11(13)15;1-2-3-4-5-6-7;6-4-2-1-3-5(7)8-4;/h2-9H2,1H3,(H,13,15);7H,2-6H2,1H3;1-3H2;1H4. The molecule has 1 saturated heterocycles. The molecule has 8 heteroatoms. The van der Waals surface area contributed by atoms with Gasteiger partial charge >= 0.3 is 5.97 Å². The summed E-state index contributed by atoms with van der Waals surface area (Å²) in [6.45, 7) is 5.17. The zero-order valence-corrected chi connectivity index (χ0v) is 20.4. The fourth-order valence-corrected chi connectivity index (χ4v) is 3.22. The Labute approximate surface area is 199 Å². The van der Waals surface area contributed by atoms with Crippen LogP contribution < -0.4 is 0 Å². The van der Waals surface area contributed by atoms with E-state index in [-0.39, 0.29) is 28.7 Å². The van der Waals surface area contributed by atoms with Crippen molar-refractivity contribution >= 4 is 45.7 Å². The first-order valence-corrected chi connectivity index (χ1v) is 12.3. The third-order valence-corrected chi connectivity index (χ3v) is 5.12. The summed E-state index contributed by atoms with van der Waals surface area (Å²) in [6, 6.07) is 0. The van der Waals surface area contributed by atoms with Crippen molar-refractivity contribution in [2.75, 3.05) is 13.2 Å². The van der Waals surface area contributed by atoms with Crippen molar-refractivity contribution in [3.63, 3.8) is 0 Å². The molecule has 1 fully saturated rings. The van der Waals surface area contributed by atoms with E-state index in [4.69, 9.17) is 9.84 Å². The van der Waals surface area contributed by atoms with Crippen LogP contribution in [0.25, 0.3) is 0 Å². The minimum Gasteiger partial charge on any atom is -0.466 e. The van der Waals surface area contributed by atoms with Crippen LogP contribution in [-0.2, 0) is 23.9 Å². The van der Waals surface area contributed by atoms with Crippen LogP contribution >= 0.6 is 24.4 Å². The average Bonchev–Trinajstić information content (AvgIpc) is 2.69. The van der Waals surface area contributed by atoms with Crippen LogP contribution in [0.1, 0.15) is 111 Å². The van der Waals surface area contributed by atoms with Crippen molar-refractivity contribution in [2.24, 2.45) is 0 Å². The van der Waals surface area contributed by atoms with E-state index in [9.17, 15) is 19.2 Å². The van der Waals surface area contributed by atoms with Crippen LogP contribution in [0, 0.1) is 0 Å². The minimum absolute atomic E-state index is 0. The molecule has 0 aromatic carbocycles. The summed E-state index contributed by atoms with van der Waals surface area (Å²) in [4.78, 5) is 42.4. The number of ether oxygens (including phenoxy) is 1. The molecule has 0 saturated carbocycles. The van der Waals surface area contributed by atoms with Crippen LogP contribution in [0.4, 0.5) is 0 Å². The maximum atomic E-state index is 11.1. The molecule has 31 heavy (non-hydrogen) atoms. The summed E-state index contributed by atoms with van der Waals surface area (Å²) in [5.41, 5.74) is 0. The second-order valence-electron chi connectivity index (χ2n) is 7.01. The highest BCUT2D eigenvalue weighted by molar-refractivity contribution is 8.26. The number of unbranched alkanes of at least 4 members (excludes halogenated alkanes) is 6. The first-order chi connectivity index (χ1) is 14.4. The van der Waals surface area contributed by atoms with Crippen LogP contribution in [-0.4, -0.2) is 39.6 Å². The van der Waals surface area contributed by atoms with Crippen molar-refractivity contribution in [2.45, 2.75) is 111 Å². The lowest BCUT2D eigenvalue weighted by atomic mass is 10.2. The zero-order chi connectivity index (χ0) is 23.0. The molecule has 0 radical (unpaired) electrons. The van der Waals surface area contributed by atoms with Gasteiger partial charge in [-0.05, 0) is 37.4 Å². The molecule has 0 aromatic heterocycles. The van der Waals surface area contributed by atoms with E-state index in [2.05, 4.69) is 26.5 Å². The Morgan fingerprint density at radius 3 is 1.87 bits per heavy atom. The van der Waals surface area contributed by atoms with E-state index >= 15 is 0 Å². The largest absolute Gasteiger partial charge is 0.466 e. The first-order valence-electron chi connectivity index (χ1n) is 11.1. The number of hydrogen-bond acceptors (Lipinski definition) is 7. The van der Waals surface area contributed by atoms with Gasteiger partial charge in [0.2, 0.25) is 0 Å². The van der Waals surface area contributed by atoms with Gasteiger partial charge in [0.1, 0.15) is 0 Å². The molecule has 0 aromatic rings. The quantitative estimate of drug-likeness (QED) is 0.193. The van der Waals surface area contributed by atoms with E-state index < -0.39 is 0 Å². The van der Waals surface area contributed by atoms with E-state index in [0.29, 0.717) is 45.3 Å². The number of carbonyl (C=O) groups is 4. The number of hydrogen-bond donors (Lipinski definition) is 2. The predicted octanol–water partition coefficient (Wildman–Crippen LogP) is 5.89. The van der Waals surface area contributed by atoms with Gasteiger partial charge in [-0.2, -0.15) is 0 Å². The van der Waals surface area contributed by atoms with Crippen LogP contribution in [0.2, 0.25) is 0 Å². The molecule has 1 rings (SSSR count). The molecule has 0 bridgehead atoms. The Morgan fingerprint density at radius 2 is 1.45 bits per heavy atom. The van der Waals surface area contributed by atoms with Gasteiger partial charge in [0.05, 0.1) is 6.61 Å². The number of carbonyl (C=O) groups excluding carboxylic acids is 4. The molecule has 0 spiro atoms. The smallest absolute Gasteiger partial charge is 0.305 e. The van der Waals surface area contributed by atoms with Gasteiger partial charge in [-0.3, -0.25) is 19.2 Å². The first kappa shape index (κ1) is 34.7. The van der Waals surface area contributed by atoms with Gasteiger partial charge in [0.15, 0.2) is 15.3 Å². The minimum atomic E-state index is -0.207. The summed E-state index contributed by atoms with van der Waals surface area (Å²) in [5, 5.41) is 8.18. The molecule has 0 atom stereocenters. The molecule has 1 heterocycles. The molecule has 1 N–H and O–H groups in total. The van der Waals surface area contributed by atoms with Gasteiger partial charge in [0, 0.05) is 32.3 Å². The van der Waals surface area contributed by atoms with Crippen molar-refractivity contribution < 1.29 is 29.0 Å². The molecule has 184 valence electrons. The van der Waals surface area contributed by atoms with Gasteiger partial charge in [0.25, 0.3) is 0 Å². The predicted molar refractivity (Wildman–Crippen MR) is 132 cm³/mol. The Balaban J connectivity index is -0.000000412. The summed E-state index contributed by atoms with van der Waals surface area (Å²) in [6.07, 6.45) is 12.2. The number of aliphatic hydroxyl groups is 1. The molecular formula is C23H44O6S2. The van der Waals surface area contributed by atoms with Crippen molar-refractivity contribution in [1.82, 2.24) is 0 Å². The molecule has 6 nitrogen and oxygen atoms in total. The van der Waals surface area contributed by atoms with Crippen LogP contribution in [0.15, 0.2) is 0 Å². The monoisotopic (exact) mass is 480 g/mol. The van der Waals surface area contributed by atoms with Crippen molar-refractivity contribution in [1.29, 1.82) is 0 Å². The summed E-state index contributed by atoms with van der Waals surface area (Å²) >= 11 is 4.48. The van der Waals surface area contributed by atoms with Crippen LogP contribution in [0.3, 0.4) is 0 Å². The second kappa shape index (κ2) is 27.2. The van der Waals surface area contributed by atoms with E-state index in [1.54, 1.807) is 0 Å². The highest BCUT2D eigenvalue weighted by Gasteiger charge is 2.15. The summed E-state index contributed by atoms with van der Waals surface area (Å²) < 4.78 is 5.00. The lowest BCUT2D eigenvalue weighted by molar-refractivity contribution is -0.143. The lowest BCUT2D eigenvalue weighted by Gasteiger charge is -2.03. The van der Waals surface area contributed by atoms with Crippen molar-refractivity contribution in [3.05, 3.63) is 0 Å².